The fourth-order valence-electron chi connectivity index (χ4n) is 3.92. The normalized spacial score (nSPS) is 14.9. The highest BCUT2D eigenvalue weighted by atomic mass is 35.5. The highest BCUT2D eigenvalue weighted by Gasteiger charge is 2.37. The molecule has 8 heteroatoms. The van der Waals surface area contributed by atoms with Crippen molar-refractivity contribution in [3.05, 3.63) is 112 Å². The summed E-state index contributed by atoms with van der Waals surface area (Å²) >= 11 is 11.9. The van der Waals surface area contributed by atoms with Gasteiger partial charge in [0.2, 0.25) is 0 Å². The first kappa shape index (κ1) is 23.6. The van der Waals surface area contributed by atoms with E-state index in [-0.39, 0.29) is 17.9 Å². The summed E-state index contributed by atoms with van der Waals surface area (Å²) in [6.07, 6.45) is 1.46. The fourth-order valence-corrected chi connectivity index (χ4v) is 4.17. The molecule has 4 aromatic carbocycles. The van der Waals surface area contributed by atoms with Crippen molar-refractivity contribution in [2.75, 3.05) is 4.90 Å². The molecule has 4 amide bonds. The van der Waals surface area contributed by atoms with Gasteiger partial charge >= 0.3 is 6.03 Å². The van der Waals surface area contributed by atoms with Crippen molar-refractivity contribution < 1.29 is 19.1 Å². The number of hydrogen-bond acceptors (Lipinski definition) is 4. The maximum absolute atomic E-state index is 13.4. The molecule has 1 aliphatic rings. The molecule has 0 saturated carbocycles. The summed E-state index contributed by atoms with van der Waals surface area (Å²) in [6, 6.07) is 23.9. The zero-order valence-electron chi connectivity index (χ0n) is 18.7. The van der Waals surface area contributed by atoms with Crippen LogP contribution in [0.2, 0.25) is 10.0 Å². The minimum atomic E-state index is -0.832. The van der Waals surface area contributed by atoms with Gasteiger partial charge in [0.25, 0.3) is 11.8 Å². The summed E-state index contributed by atoms with van der Waals surface area (Å²) in [4.78, 5) is 39.6. The molecule has 1 fully saturated rings. The van der Waals surface area contributed by atoms with Crippen molar-refractivity contribution in [3.8, 4) is 5.75 Å². The van der Waals surface area contributed by atoms with Crippen LogP contribution in [0, 0.1) is 0 Å². The zero-order chi connectivity index (χ0) is 25.2. The number of nitrogens with one attached hydrogen (secondary N) is 1. The van der Waals surface area contributed by atoms with E-state index < -0.39 is 17.8 Å². The van der Waals surface area contributed by atoms with Crippen molar-refractivity contribution in [3.63, 3.8) is 0 Å². The van der Waals surface area contributed by atoms with Crippen LogP contribution in [-0.2, 0) is 16.2 Å². The largest absolute Gasteiger partial charge is 0.488 e. The Morgan fingerprint density at radius 1 is 0.806 bits per heavy atom. The number of amides is 4. The van der Waals surface area contributed by atoms with Crippen LogP contribution in [0.1, 0.15) is 11.1 Å². The van der Waals surface area contributed by atoms with E-state index in [0.717, 1.165) is 21.2 Å². The molecule has 0 spiro atoms. The molecule has 1 saturated heterocycles. The Kier molecular flexibility index (Phi) is 6.46. The van der Waals surface area contributed by atoms with Crippen LogP contribution in [-0.4, -0.2) is 17.8 Å². The quantitative estimate of drug-likeness (QED) is 0.246. The summed E-state index contributed by atoms with van der Waals surface area (Å²) in [7, 11) is 0. The minimum Gasteiger partial charge on any atom is -0.488 e. The van der Waals surface area contributed by atoms with E-state index in [2.05, 4.69) is 5.32 Å². The summed E-state index contributed by atoms with van der Waals surface area (Å²) in [5.41, 5.74) is 1.54. The van der Waals surface area contributed by atoms with Gasteiger partial charge in [-0.25, -0.2) is 9.69 Å². The molecular formula is C28H18Cl2N2O4. The van der Waals surface area contributed by atoms with Gasteiger partial charge < -0.3 is 4.74 Å². The lowest BCUT2D eigenvalue weighted by Crippen LogP contribution is -2.54. The second-order valence-electron chi connectivity index (χ2n) is 8.05. The van der Waals surface area contributed by atoms with E-state index in [1.54, 1.807) is 30.3 Å². The molecule has 36 heavy (non-hydrogen) atoms. The van der Waals surface area contributed by atoms with Gasteiger partial charge in [0, 0.05) is 15.6 Å². The molecule has 5 rings (SSSR count). The Morgan fingerprint density at radius 3 is 2.19 bits per heavy atom. The molecule has 4 aromatic rings. The number of carbonyl (C=O) groups excluding carboxylic acids is 3. The van der Waals surface area contributed by atoms with Gasteiger partial charge in [0.1, 0.15) is 17.9 Å². The molecule has 0 radical (unpaired) electrons. The van der Waals surface area contributed by atoms with Gasteiger partial charge in [-0.15, -0.1) is 0 Å². The van der Waals surface area contributed by atoms with Crippen molar-refractivity contribution >= 4 is 63.6 Å². The highest BCUT2D eigenvalue weighted by Crippen LogP contribution is 2.32. The summed E-state index contributed by atoms with van der Waals surface area (Å²) in [5, 5.41) is 5.01. The summed E-state index contributed by atoms with van der Waals surface area (Å²) < 4.78 is 6.10. The van der Waals surface area contributed by atoms with Gasteiger partial charge in [-0.05, 0) is 64.9 Å². The molecule has 0 unspecified atom stereocenters. The molecule has 1 N–H and O–H groups in total. The first-order valence-electron chi connectivity index (χ1n) is 11.0. The number of rotatable bonds is 5. The van der Waals surface area contributed by atoms with Gasteiger partial charge in [-0.2, -0.15) is 0 Å². The van der Waals surface area contributed by atoms with Gasteiger partial charge in [0.15, 0.2) is 0 Å². The topological polar surface area (TPSA) is 75.7 Å². The molecule has 0 aliphatic carbocycles. The van der Waals surface area contributed by atoms with E-state index in [4.69, 9.17) is 27.9 Å². The Morgan fingerprint density at radius 2 is 1.47 bits per heavy atom. The lowest BCUT2D eigenvalue weighted by atomic mass is 9.99. The Bertz CT molecular complexity index is 1530. The van der Waals surface area contributed by atoms with E-state index in [9.17, 15) is 14.4 Å². The third kappa shape index (κ3) is 4.69. The standard InChI is InChI=1S/C28H18Cl2N2O4/c29-19-8-5-17(6-9-19)16-36-25-14-7-18-3-1-2-4-22(18)23(25)15-24-26(33)31-28(35)32(27(24)34)21-12-10-20(30)11-13-21/h1-15H,16H2,(H,31,33,35)/b24-15+. The number of nitrogens with zero attached hydrogens (tertiary/aromatic N) is 1. The first-order chi connectivity index (χ1) is 17.4. The van der Waals surface area contributed by atoms with Gasteiger partial charge in [-0.3, -0.25) is 14.9 Å². The smallest absolute Gasteiger partial charge is 0.335 e. The minimum absolute atomic E-state index is 0.197. The Labute approximate surface area is 216 Å². The third-order valence-corrected chi connectivity index (χ3v) is 6.22. The Hall–Kier alpha value is -4.13. The van der Waals surface area contributed by atoms with Crippen LogP contribution in [0.15, 0.2) is 90.5 Å². The second kappa shape index (κ2) is 9.85. The van der Waals surface area contributed by atoms with Crippen LogP contribution < -0.4 is 15.0 Å². The van der Waals surface area contributed by atoms with E-state index in [1.807, 2.05) is 42.5 Å². The molecule has 1 heterocycles. The summed E-state index contributed by atoms with van der Waals surface area (Å²) in [6.45, 7) is 0.251. The zero-order valence-corrected chi connectivity index (χ0v) is 20.2. The molecule has 0 aromatic heterocycles. The van der Waals surface area contributed by atoms with Gasteiger partial charge in [-0.1, -0.05) is 65.7 Å². The predicted octanol–water partition coefficient (Wildman–Crippen LogP) is 6.39. The number of halogens is 2. The first-order valence-corrected chi connectivity index (χ1v) is 11.7. The number of ether oxygens (including phenoxy) is 1. The lowest BCUT2D eigenvalue weighted by molar-refractivity contribution is -0.122. The fraction of sp³-hybridized carbons (Fsp3) is 0.0357. The van der Waals surface area contributed by atoms with E-state index >= 15 is 0 Å². The number of urea groups is 1. The number of hydrogen-bond donors (Lipinski definition) is 1. The molecular weight excluding hydrogens is 499 g/mol. The average Bonchev–Trinajstić information content (AvgIpc) is 2.87. The lowest BCUT2D eigenvalue weighted by Gasteiger charge is -2.26. The number of anilines is 1. The monoisotopic (exact) mass is 516 g/mol. The summed E-state index contributed by atoms with van der Waals surface area (Å²) in [5.74, 6) is -1.05. The highest BCUT2D eigenvalue weighted by molar-refractivity contribution is 6.39. The molecule has 1 aliphatic heterocycles. The van der Waals surface area contributed by atoms with Gasteiger partial charge in [0.05, 0.1) is 5.69 Å². The molecule has 6 nitrogen and oxygen atoms in total. The maximum atomic E-state index is 13.4. The number of fused-ring (bicyclic) bond motifs is 1. The average molecular weight is 517 g/mol. The van der Waals surface area contributed by atoms with Crippen molar-refractivity contribution in [2.24, 2.45) is 0 Å². The molecule has 178 valence electrons. The molecule has 0 atom stereocenters. The van der Waals surface area contributed by atoms with E-state index in [1.165, 1.54) is 18.2 Å². The number of carbonyl (C=O) groups is 3. The number of imide groups is 2. The number of barbiturate groups is 1. The SMILES string of the molecule is O=C1NC(=O)N(c2ccc(Cl)cc2)C(=O)/C1=C/c1c(OCc2ccc(Cl)cc2)ccc2ccccc12. The van der Waals surface area contributed by atoms with Crippen LogP contribution in [0.5, 0.6) is 5.75 Å². The maximum Gasteiger partial charge on any atom is 0.335 e. The Balaban J connectivity index is 1.57. The van der Waals surface area contributed by atoms with Crippen molar-refractivity contribution in [1.29, 1.82) is 0 Å². The van der Waals surface area contributed by atoms with Crippen LogP contribution in [0.4, 0.5) is 10.5 Å². The second-order valence-corrected chi connectivity index (χ2v) is 8.92. The van der Waals surface area contributed by atoms with Crippen LogP contribution in [0.3, 0.4) is 0 Å². The number of benzene rings is 4. The molecule has 0 bridgehead atoms. The van der Waals surface area contributed by atoms with Crippen LogP contribution >= 0.6 is 23.2 Å². The van der Waals surface area contributed by atoms with Crippen molar-refractivity contribution in [2.45, 2.75) is 6.61 Å². The predicted molar refractivity (Wildman–Crippen MR) is 140 cm³/mol. The third-order valence-electron chi connectivity index (χ3n) is 5.71. The van der Waals surface area contributed by atoms with Crippen molar-refractivity contribution in [1.82, 2.24) is 5.32 Å². The van der Waals surface area contributed by atoms with E-state index in [0.29, 0.717) is 21.4 Å². The van der Waals surface area contributed by atoms with Crippen LogP contribution in [0.25, 0.3) is 16.8 Å².